The summed E-state index contributed by atoms with van der Waals surface area (Å²) in [5.41, 5.74) is 3.80. The molecule has 2 amide bonds. The number of aromatic nitrogens is 1. The summed E-state index contributed by atoms with van der Waals surface area (Å²) in [5.74, 6) is -1.49. The van der Waals surface area contributed by atoms with E-state index in [1.165, 1.54) is 18.7 Å². The van der Waals surface area contributed by atoms with Crippen molar-refractivity contribution in [2.24, 2.45) is 17.3 Å². The van der Waals surface area contributed by atoms with Crippen molar-refractivity contribution < 1.29 is 19.1 Å². The van der Waals surface area contributed by atoms with Crippen LogP contribution in [-0.2, 0) is 7.05 Å². The average Bonchev–Trinajstić information content (AvgIpc) is 3.46. The Hall–Kier alpha value is -6.62. The van der Waals surface area contributed by atoms with Crippen LogP contribution >= 0.6 is 0 Å². The maximum atomic E-state index is 14.3. The molecule has 1 aliphatic heterocycles. The second kappa shape index (κ2) is 18.4. The Kier molecular flexibility index (Phi) is 13.8. The Bertz CT molecular complexity index is 2310. The lowest BCUT2D eigenvalue weighted by molar-refractivity contribution is 0.0702. The van der Waals surface area contributed by atoms with E-state index in [1.807, 2.05) is 102 Å². The highest BCUT2D eigenvalue weighted by Crippen LogP contribution is 2.47. The fraction of sp³-hybridized carbons (Fsp3) is 0.227. The standard InChI is InChI=1S/C40H36N6O5.2C2H6/c1-23(2)25(4)46-37(48)29-22-30(41-27-18-12-8-13-19-27)34(42-28-20-14-9-15-21-28)35(32(29)39(46)50)44-43-33-24(3)31(38(49)45(5)40(33)51-6)36(47)26-16-10-7-11-17-26;2*1-2/h7-22,41-42H,1-6H3;2*1-2H3. The zero-order valence-corrected chi connectivity index (χ0v) is 33.1. The van der Waals surface area contributed by atoms with Crippen LogP contribution in [-0.4, -0.2) is 34.2 Å². The Morgan fingerprint density at radius 3 is 1.75 bits per heavy atom. The van der Waals surface area contributed by atoms with E-state index in [-0.39, 0.29) is 39.5 Å². The lowest BCUT2D eigenvalue weighted by atomic mass is 9.99. The van der Waals surface area contributed by atoms with Crippen LogP contribution in [0.3, 0.4) is 0 Å². The Morgan fingerprint density at radius 1 is 0.709 bits per heavy atom. The Balaban J connectivity index is 0.00000163. The molecule has 0 saturated carbocycles. The number of hydrogen-bond donors (Lipinski definition) is 2. The summed E-state index contributed by atoms with van der Waals surface area (Å²) in [7, 11) is 2.87. The molecule has 0 radical (unpaired) electrons. The number of azo groups is 1. The van der Waals surface area contributed by atoms with Crippen LogP contribution in [0.2, 0.25) is 0 Å². The molecule has 11 nitrogen and oxygen atoms in total. The molecule has 0 unspecified atom stereocenters. The molecule has 0 bridgehead atoms. The quantitative estimate of drug-likeness (QED) is 0.0826. The normalized spacial score (nSPS) is 11.6. The lowest BCUT2D eigenvalue weighted by Crippen LogP contribution is -2.28. The van der Waals surface area contributed by atoms with Crippen LogP contribution in [0.1, 0.15) is 90.7 Å². The summed E-state index contributed by atoms with van der Waals surface area (Å²) >= 11 is 0. The summed E-state index contributed by atoms with van der Waals surface area (Å²) in [4.78, 5) is 56.6. The van der Waals surface area contributed by atoms with E-state index in [2.05, 4.69) is 20.9 Å². The minimum atomic E-state index is -0.563. The van der Waals surface area contributed by atoms with Crippen LogP contribution in [0.15, 0.2) is 123 Å². The summed E-state index contributed by atoms with van der Waals surface area (Å²) in [6, 6.07) is 28.8. The van der Waals surface area contributed by atoms with Crippen molar-refractivity contribution in [3.05, 3.63) is 147 Å². The van der Waals surface area contributed by atoms with Gasteiger partial charge in [-0.2, -0.15) is 0 Å². The molecule has 0 fully saturated rings. The number of para-hydroxylation sites is 2. The second-order valence-corrected chi connectivity index (χ2v) is 12.2. The maximum Gasteiger partial charge on any atom is 0.268 e. The highest BCUT2D eigenvalue weighted by molar-refractivity contribution is 6.26. The number of rotatable bonds is 10. The van der Waals surface area contributed by atoms with Gasteiger partial charge in [-0.25, -0.2) is 4.90 Å². The van der Waals surface area contributed by atoms with Crippen LogP contribution < -0.4 is 20.9 Å². The molecule has 11 heteroatoms. The molecule has 55 heavy (non-hydrogen) atoms. The zero-order valence-electron chi connectivity index (χ0n) is 33.1. The molecule has 0 saturated heterocycles. The number of fused-ring (bicyclic) bond motifs is 1. The molecule has 2 N–H and O–H groups in total. The number of anilines is 4. The van der Waals surface area contributed by atoms with E-state index in [0.29, 0.717) is 28.3 Å². The number of carbonyl (C=O) groups is 3. The van der Waals surface area contributed by atoms with E-state index in [1.54, 1.807) is 50.2 Å². The number of methoxy groups -OCH3 is 1. The predicted molar refractivity (Wildman–Crippen MR) is 220 cm³/mol. The van der Waals surface area contributed by atoms with Crippen molar-refractivity contribution >= 4 is 51.7 Å². The number of nitrogens with zero attached hydrogens (tertiary/aromatic N) is 4. The molecule has 1 aromatic heterocycles. The minimum Gasteiger partial charge on any atom is -0.481 e. The van der Waals surface area contributed by atoms with Crippen molar-refractivity contribution in [2.45, 2.75) is 55.4 Å². The smallest absolute Gasteiger partial charge is 0.268 e. The summed E-state index contributed by atoms with van der Waals surface area (Å²) in [5, 5.41) is 16.1. The maximum absolute atomic E-state index is 14.3. The Morgan fingerprint density at radius 2 is 1.22 bits per heavy atom. The number of pyridine rings is 1. The summed E-state index contributed by atoms with van der Waals surface area (Å²) in [6.07, 6.45) is 0. The highest BCUT2D eigenvalue weighted by Gasteiger charge is 2.41. The number of nitrogens with one attached hydrogen (secondary N) is 2. The van der Waals surface area contributed by atoms with Crippen LogP contribution in [0, 0.1) is 6.92 Å². The number of allylic oxidation sites excluding steroid dienone is 2. The third-order valence-corrected chi connectivity index (χ3v) is 8.77. The number of carbonyl (C=O) groups excluding carboxylic acids is 3. The molecule has 6 rings (SSSR count). The molecule has 1 aliphatic rings. The van der Waals surface area contributed by atoms with Gasteiger partial charge in [-0.3, -0.25) is 23.7 Å². The van der Waals surface area contributed by atoms with Gasteiger partial charge in [0, 0.05) is 29.7 Å². The molecule has 2 heterocycles. The number of hydrogen-bond acceptors (Lipinski definition) is 9. The molecular weight excluding hydrogens is 693 g/mol. The fourth-order valence-corrected chi connectivity index (χ4v) is 5.89. The van der Waals surface area contributed by atoms with Gasteiger partial charge >= 0.3 is 0 Å². The first-order valence-corrected chi connectivity index (χ1v) is 18.2. The number of benzene rings is 4. The summed E-state index contributed by atoms with van der Waals surface area (Å²) < 4.78 is 6.84. The van der Waals surface area contributed by atoms with E-state index in [0.717, 1.165) is 16.2 Å². The van der Waals surface area contributed by atoms with E-state index in [4.69, 9.17) is 4.74 Å². The second-order valence-electron chi connectivity index (χ2n) is 12.2. The molecule has 4 aromatic carbocycles. The van der Waals surface area contributed by atoms with Crippen molar-refractivity contribution in [3.63, 3.8) is 0 Å². The first-order valence-electron chi connectivity index (χ1n) is 18.2. The first kappa shape index (κ1) is 41.1. The van der Waals surface area contributed by atoms with E-state index in [9.17, 15) is 19.2 Å². The third-order valence-electron chi connectivity index (χ3n) is 8.77. The average molecular weight is 741 g/mol. The van der Waals surface area contributed by atoms with Crippen LogP contribution in [0.4, 0.5) is 34.1 Å². The molecular formula is C44H48N6O5. The van der Waals surface area contributed by atoms with Gasteiger partial charge in [-0.1, -0.05) is 100.0 Å². The van der Waals surface area contributed by atoms with E-state index >= 15 is 0 Å². The van der Waals surface area contributed by atoms with Gasteiger partial charge in [0.1, 0.15) is 11.4 Å². The van der Waals surface area contributed by atoms with Gasteiger partial charge in [-0.05, 0) is 63.6 Å². The number of ketones is 1. The highest BCUT2D eigenvalue weighted by atomic mass is 16.5. The van der Waals surface area contributed by atoms with E-state index < -0.39 is 23.2 Å². The largest absolute Gasteiger partial charge is 0.481 e. The Labute approximate surface area is 322 Å². The van der Waals surface area contributed by atoms with Gasteiger partial charge in [0.15, 0.2) is 5.78 Å². The number of amides is 2. The molecule has 0 spiro atoms. The van der Waals surface area contributed by atoms with Gasteiger partial charge in [-0.15, -0.1) is 10.2 Å². The number of ether oxygens (including phenoxy) is 1. The van der Waals surface area contributed by atoms with Gasteiger partial charge in [0.05, 0.1) is 35.2 Å². The van der Waals surface area contributed by atoms with Crippen LogP contribution in [0.5, 0.6) is 5.88 Å². The summed E-state index contributed by atoms with van der Waals surface area (Å²) in [6.45, 7) is 15.0. The van der Waals surface area contributed by atoms with Gasteiger partial charge in [0.25, 0.3) is 17.4 Å². The van der Waals surface area contributed by atoms with Gasteiger partial charge in [0.2, 0.25) is 5.88 Å². The van der Waals surface area contributed by atoms with Crippen molar-refractivity contribution in [3.8, 4) is 5.88 Å². The monoisotopic (exact) mass is 740 g/mol. The molecule has 0 atom stereocenters. The van der Waals surface area contributed by atoms with Crippen molar-refractivity contribution in [1.29, 1.82) is 0 Å². The first-order chi connectivity index (χ1) is 26.5. The lowest BCUT2D eigenvalue weighted by Gasteiger charge is -2.19. The molecule has 5 aromatic rings. The zero-order chi connectivity index (χ0) is 40.4. The fourth-order valence-electron chi connectivity index (χ4n) is 5.89. The minimum absolute atomic E-state index is 0.0448. The topological polar surface area (TPSA) is 134 Å². The van der Waals surface area contributed by atoms with Gasteiger partial charge < -0.3 is 15.4 Å². The van der Waals surface area contributed by atoms with Crippen molar-refractivity contribution in [2.75, 3.05) is 17.7 Å². The molecule has 0 aliphatic carbocycles. The van der Waals surface area contributed by atoms with Crippen LogP contribution in [0.25, 0.3) is 0 Å². The number of imide groups is 1. The predicted octanol–water partition coefficient (Wildman–Crippen LogP) is 10.8. The third kappa shape index (κ3) is 8.31. The molecule has 284 valence electrons. The SMILES string of the molecule is CC.CC.COc1c(N=Nc2c(Nc3ccccc3)c(Nc3ccccc3)cc3c2C(=O)N(C(C)=C(C)C)C3=O)c(C)c(C(=O)c2ccccc2)c(=O)n1C. The van der Waals surface area contributed by atoms with Crippen molar-refractivity contribution in [1.82, 2.24) is 9.47 Å².